The smallest absolute Gasteiger partial charge is 0.254 e. The van der Waals surface area contributed by atoms with Crippen LogP contribution in [0.4, 0.5) is 5.00 Å². The average Bonchev–Trinajstić information content (AvgIpc) is 3.55. The van der Waals surface area contributed by atoms with E-state index in [9.17, 15) is 9.59 Å². The first-order valence-electron chi connectivity index (χ1n) is 13.2. The second-order valence-electron chi connectivity index (χ2n) is 9.31. The summed E-state index contributed by atoms with van der Waals surface area (Å²) in [5.41, 5.74) is 2.70. The SMILES string of the molecule is CCn1c(COc2ccc(Cl)cc2)nnc1SCC(=O)Nc1sc2c(c1C(=O)NCc1ccccc1)CCCC2. The van der Waals surface area contributed by atoms with Gasteiger partial charge >= 0.3 is 0 Å². The Labute approximate surface area is 246 Å². The summed E-state index contributed by atoms with van der Waals surface area (Å²) in [5, 5.41) is 16.5. The number of aryl methyl sites for hydroxylation is 1. The maximum absolute atomic E-state index is 13.3. The third kappa shape index (κ3) is 6.86. The molecule has 2 heterocycles. The molecule has 40 heavy (non-hydrogen) atoms. The number of hydrogen-bond acceptors (Lipinski definition) is 7. The minimum atomic E-state index is -0.190. The highest BCUT2D eigenvalue weighted by molar-refractivity contribution is 7.99. The second kappa shape index (κ2) is 13.3. The summed E-state index contributed by atoms with van der Waals surface area (Å²) in [6.45, 7) is 3.32. The van der Waals surface area contributed by atoms with Gasteiger partial charge in [-0.1, -0.05) is 53.7 Å². The average molecular weight is 596 g/mol. The molecule has 0 unspecified atom stereocenters. The number of nitrogens with zero attached hydrogens (tertiary/aromatic N) is 3. The number of halogens is 1. The molecular formula is C29H30ClN5O3S2. The molecule has 0 saturated carbocycles. The molecule has 2 aromatic heterocycles. The maximum atomic E-state index is 13.3. The van der Waals surface area contributed by atoms with E-state index < -0.39 is 0 Å². The Morgan fingerprint density at radius 3 is 2.62 bits per heavy atom. The number of benzene rings is 2. The fourth-order valence-corrected chi connectivity index (χ4v) is 6.83. The molecule has 1 aliphatic carbocycles. The molecule has 2 aromatic carbocycles. The topological polar surface area (TPSA) is 98.1 Å². The van der Waals surface area contributed by atoms with Crippen molar-refractivity contribution in [2.75, 3.05) is 11.1 Å². The molecule has 0 saturated heterocycles. The Hall–Kier alpha value is -3.34. The number of hydrogen-bond donors (Lipinski definition) is 2. The highest BCUT2D eigenvalue weighted by Gasteiger charge is 2.26. The predicted molar refractivity (Wildman–Crippen MR) is 159 cm³/mol. The molecule has 0 atom stereocenters. The molecule has 0 fully saturated rings. The molecule has 1 aliphatic rings. The van der Waals surface area contributed by atoms with E-state index in [1.54, 1.807) is 24.3 Å². The van der Waals surface area contributed by atoms with Crippen LogP contribution in [0.15, 0.2) is 59.8 Å². The van der Waals surface area contributed by atoms with Crippen molar-refractivity contribution < 1.29 is 14.3 Å². The number of amides is 2. The Balaban J connectivity index is 1.22. The van der Waals surface area contributed by atoms with Gasteiger partial charge in [-0.2, -0.15) is 0 Å². The first-order chi connectivity index (χ1) is 19.5. The van der Waals surface area contributed by atoms with Crippen LogP contribution in [-0.2, 0) is 37.3 Å². The summed E-state index contributed by atoms with van der Waals surface area (Å²) < 4.78 is 7.75. The van der Waals surface area contributed by atoms with Gasteiger partial charge in [0.25, 0.3) is 5.91 Å². The van der Waals surface area contributed by atoms with E-state index in [-0.39, 0.29) is 24.2 Å². The molecule has 0 spiro atoms. The van der Waals surface area contributed by atoms with Gasteiger partial charge < -0.3 is 19.9 Å². The zero-order valence-electron chi connectivity index (χ0n) is 22.1. The Morgan fingerprint density at radius 1 is 1.07 bits per heavy atom. The molecule has 0 radical (unpaired) electrons. The number of nitrogens with one attached hydrogen (secondary N) is 2. The molecule has 4 aromatic rings. The fraction of sp³-hybridized carbons (Fsp3) is 0.310. The van der Waals surface area contributed by atoms with Crippen molar-refractivity contribution in [1.29, 1.82) is 0 Å². The lowest BCUT2D eigenvalue weighted by molar-refractivity contribution is -0.113. The second-order valence-corrected chi connectivity index (χ2v) is 11.8. The standard InChI is InChI=1S/C29H30ClN5O3S2/c1-2-35-24(17-38-21-14-12-20(30)13-15-21)33-34-29(35)39-18-25(36)32-28-26(22-10-6-7-11-23(22)40-28)27(37)31-16-19-8-4-3-5-9-19/h3-5,8-9,12-15H,2,6-7,10-11,16-18H2,1H3,(H,31,37)(H,32,36). The van der Waals surface area contributed by atoms with Gasteiger partial charge in [0.2, 0.25) is 5.91 Å². The zero-order chi connectivity index (χ0) is 27.9. The van der Waals surface area contributed by atoms with Gasteiger partial charge in [-0.05, 0) is 68.0 Å². The van der Waals surface area contributed by atoms with Crippen LogP contribution in [0.3, 0.4) is 0 Å². The van der Waals surface area contributed by atoms with Crippen molar-refractivity contribution >= 4 is 51.5 Å². The maximum Gasteiger partial charge on any atom is 0.254 e. The van der Waals surface area contributed by atoms with Crippen molar-refractivity contribution in [2.24, 2.45) is 0 Å². The quantitative estimate of drug-likeness (QED) is 0.202. The lowest BCUT2D eigenvalue weighted by Crippen LogP contribution is -2.25. The number of fused-ring (bicyclic) bond motifs is 1. The molecule has 2 amide bonds. The minimum absolute atomic E-state index is 0.143. The van der Waals surface area contributed by atoms with Crippen LogP contribution in [-0.4, -0.2) is 32.3 Å². The molecule has 0 aliphatic heterocycles. The van der Waals surface area contributed by atoms with E-state index in [1.165, 1.54) is 28.0 Å². The third-order valence-electron chi connectivity index (χ3n) is 6.57. The van der Waals surface area contributed by atoms with E-state index in [2.05, 4.69) is 20.8 Å². The molecule has 208 valence electrons. The summed E-state index contributed by atoms with van der Waals surface area (Å²) in [5.74, 6) is 1.16. The first-order valence-corrected chi connectivity index (χ1v) is 15.4. The van der Waals surface area contributed by atoms with Gasteiger partial charge in [0.05, 0.1) is 11.3 Å². The summed E-state index contributed by atoms with van der Waals surface area (Å²) in [6.07, 6.45) is 3.93. The van der Waals surface area contributed by atoms with Crippen molar-refractivity contribution in [3.8, 4) is 5.75 Å². The van der Waals surface area contributed by atoms with Crippen LogP contribution in [0.1, 0.15) is 52.0 Å². The van der Waals surface area contributed by atoms with Gasteiger partial charge in [0.1, 0.15) is 17.4 Å². The number of aromatic nitrogens is 3. The highest BCUT2D eigenvalue weighted by atomic mass is 35.5. The van der Waals surface area contributed by atoms with Gasteiger partial charge in [-0.15, -0.1) is 21.5 Å². The molecule has 5 rings (SSSR count). The van der Waals surface area contributed by atoms with Crippen molar-refractivity contribution in [1.82, 2.24) is 20.1 Å². The van der Waals surface area contributed by atoms with Crippen LogP contribution in [0.25, 0.3) is 0 Å². The Kier molecular flexibility index (Phi) is 9.41. The fourth-order valence-electron chi connectivity index (χ4n) is 4.58. The summed E-state index contributed by atoms with van der Waals surface area (Å²) in [6, 6.07) is 16.9. The van der Waals surface area contributed by atoms with Crippen LogP contribution in [0.2, 0.25) is 5.02 Å². The van der Waals surface area contributed by atoms with Gasteiger partial charge in [0, 0.05) is 23.0 Å². The monoisotopic (exact) mass is 595 g/mol. The molecule has 2 N–H and O–H groups in total. The normalized spacial score (nSPS) is 12.6. The number of rotatable bonds is 11. The van der Waals surface area contributed by atoms with Crippen molar-refractivity contribution in [3.63, 3.8) is 0 Å². The van der Waals surface area contributed by atoms with E-state index >= 15 is 0 Å². The van der Waals surface area contributed by atoms with E-state index in [0.717, 1.165) is 36.8 Å². The third-order valence-corrected chi connectivity index (χ3v) is 9.00. The van der Waals surface area contributed by atoms with Crippen molar-refractivity contribution in [2.45, 2.75) is 57.5 Å². The van der Waals surface area contributed by atoms with Crippen LogP contribution in [0.5, 0.6) is 5.75 Å². The first kappa shape index (κ1) is 28.2. The van der Waals surface area contributed by atoms with Gasteiger partial charge in [0.15, 0.2) is 11.0 Å². The van der Waals surface area contributed by atoms with E-state index in [1.807, 2.05) is 41.8 Å². The summed E-state index contributed by atoms with van der Waals surface area (Å²) >= 11 is 8.77. The number of anilines is 1. The lowest BCUT2D eigenvalue weighted by atomic mass is 9.95. The number of carbonyl (C=O) groups is 2. The van der Waals surface area contributed by atoms with Crippen molar-refractivity contribution in [3.05, 3.63) is 87.0 Å². The van der Waals surface area contributed by atoms with Gasteiger partial charge in [-0.3, -0.25) is 9.59 Å². The van der Waals surface area contributed by atoms with E-state index in [4.69, 9.17) is 16.3 Å². The number of thioether (sulfide) groups is 1. The molecule has 0 bridgehead atoms. The van der Waals surface area contributed by atoms with Crippen LogP contribution in [0, 0.1) is 0 Å². The minimum Gasteiger partial charge on any atom is -0.486 e. The number of thiophene rings is 1. The van der Waals surface area contributed by atoms with Gasteiger partial charge in [-0.25, -0.2) is 0 Å². The summed E-state index contributed by atoms with van der Waals surface area (Å²) in [7, 11) is 0. The number of ether oxygens (including phenoxy) is 1. The predicted octanol–water partition coefficient (Wildman–Crippen LogP) is 6.13. The zero-order valence-corrected chi connectivity index (χ0v) is 24.5. The van der Waals surface area contributed by atoms with Crippen LogP contribution >= 0.6 is 34.7 Å². The van der Waals surface area contributed by atoms with Crippen LogP contribution < -0.4 is 15.4 Å². The highest BCUT2D eigenvalue weighted by Crippen LogP contribution is 2.38. The molecule has 8 nitrogen and oxygen atoms in total. The summed E-state index contributed by atoms with van der Waals surface area (Å²) in [4.78, 5) is 27.5. The Morgan fingerprint density at radius 2 is 1.85 bits per heavy atom. The molecular weight excluding hydrogens is 566 g/mol. The largest absolute Gasteiger partial charge is 0.486 e. The Bertz CT molecular complexity index is 1470. The molecule has 11 heteroatoms. The van der Waals surface area contributed by atoms with E-state index in [0.29, 0.717) is 45.4 Å². The lowest BCUT2D eigenvalue weighted by Gasteiger charge is -2.13. The number of carbonyl (C=O) groups excluding carboxylic acids is 2.